The second-order valence-electron chi connectivity index (χ2n) is 6.77. The van der Waals surface area contributed by atoms with E-state index in [9.17, 15) is 4.79 Å². The minimum Gasteiger partial charge on any atom is -0.340 e. The van der Waals surface area contributed by atoms with Crippen LogP contribution in [-0.2, 0) is 11.3 Å². The molecule has 2 fully saturated rings. The topological polar surface area (TPSA) is 40.9 Å². The Labute approximate surface area is 140 Å². The summed E-state index contributed by atoms with van der Waals surface area (Å²) in [6, 6.07) is 3.79. The molecule has 2 aromatic rings. The average Bonchev–Trinajstić information content (AvgIpc) is 3.13. The number of aromatic nitrogens is 2. The van der Waals surface area contributed by atoms with Crippen molar-refractivity contribution in [1.82, 2.24) is 19.2 Å². The quantitative estimate of drug-likeness (QED) is 0.866. The van der Waals surface area contributed by atoms with Gasteiger partial charge >= 0.3 is 0 Å². The number of piperazine rings is 1. The molecule has 122 valence electrons. The maximum atomic E-state index is 12.3. The zero-order chi connectivity index (χ0) is 16.0. The first-order valence-electron chi connectivity index (χ1n) is 8.24. The molecule has 1 aliphatic carbocycles. The summed E-state index contributed by atoms with van der Waals surface area (Å²) in [5.74, 6) is 1.24. The molecule has 2 aliphatic rings. The van der Waals surface area contributed by atoms with Crippen LogP contribution in [-0.4, -0.2) is 51.3 Å². The molecule has 4 rings (SSSR count). The lowest BCUT2D eigenvalue weighted by molar-refractivity contribution is -0.134. The molecule has 5 nitrogen and oxygen atoms in total. The molecule has 23 heavy (non-hydrogen) atoms. The second-order valence-corrected chi connectivity index (χ2v) is 7.20. The molecule has 2 aromatic heterocycles. The van der Waals surface area contributed by atoms with Crippen LogP contribution in [0.15, 0.2) is 24.5 Å². The Morgan fingerprint density at radius 3 is 2.70 bits per heavy atom. The lowest BCUT2D eigenvalue weighted by atomic mass is 10.2. The third-order valence-corrected chi connectivity index (χ3v) is 5.18. The lowest BCUT2D eigenvalue weighted by Gasteiger charge is -2.34. The fourth-order valence-corrected chi connectivity index (χ4v) is 3.52. The fourth-order valence-electron chi connectivity index (χ4n) is 3.35. The van der Waals surface area contributed by atoms with Crippen molar-refractivity contribution in [1.29, 1.82) is 0 Å². The lowest BCUT2D eigenvalue weighted by Crippen LogP contribution is -2.48. The highest BCUT2D eigenvalue weighted by Crippen LogP contribution is 2.39. The monoisotopic (exact) mass is 332 g/mol. The molecular formula is C17H21ClN4O. The number of carbonyl (C=O) groups excluding carboxylic acids is 1. The van der Waals surface area contributed by atoms with E-state index in [1.807, 2.05) is 33.8 Å². The van der Waals surface area contributed by atoms with Crippen molar-refractivity contribution in [3.63, 3.8) is 0 Å². The van der Waals surface area contributed by atoms with E-state index in [1.165, 1.54) is 0 Å². The third-order valence-electron chi connectivity index (χ3n) is 4.96. The fraction of sp³-hybridized carbons (Fsp3) is 0.529. The number of halogens is 1. The summed E-state index contributed by atoms with van der Waals surface area (Å²) in [6.45, 7) is 6.49. The minimum atomic E-state index is 0.296. The van der Waals surface area contributed by atoms with Crippen molar-refractivity contribution in [2.24, 2.45) is 11.8 Å². The van der Waals surface area contributed by atoms with Crippen molar-refractivity contribution in [3.05, 3.63) is 35.2 Å². The first kappa shape index (κ1) is 15.0. The van der Waals surface area contributed by atoms with Crippen LogP contribution in [0.4, 0.5) is 0 Å². The molecular weight excluding hydrogens is 312 g/mol. The van der Waals surface area contributed by atoms with Gasteiger partial charge in [-0.3, -0.25) is 9.69 Å². The van der Waals surface area contributed by atoms with Crippen LogP contribution in [0, 0.1) is 11.8 Å². The summed E-state index contributed by atoms with van der Waals surface area (Å²) in [6.07, 6.45) is 4.98. The van der Waals surface area contributed by atoms with Gasteiger partial charge in [-0.25, -0.2) is 4.98 Å². The van der Waals surface area contributed by atoms with Gasteiger partial charge in [0.05, 0.1) is 10.7 Å². The molecule has 2 atom stereocenters. The van der Waals surface area contributed by atoms with Gasteiger partial charge in [0.2, 0.25) is 5.91 Å². The zero-order valence-corrected chi connectivity index (χ0v) is 14.0. The molecule has 0 spiro atoms. The van der Waals surface area contributed by atoms with Crippen molar-refractivity contribution in [3.8, 4) is 0 Å². The van der Waals surface area contributed by atoms with Crippen molar-refractivity contribution >= 4 is 23.2 Å². The molecule has 1 saturated carbocycles. The summed E-state index contributed by atoms with van der Waals surface area (Å²) in [4.78, 5) is 21.3. The molecule has 1 aliphatic heterocycles. The predicted octanol–water partition coefficient (Wildman–Crippen LogP) is 2.29. The number of nitrogens with zero attached hydrogens (tertiary/aromatic N) is 4. The van der Waals surface area contributed by atoms with Crippen LogP contribution in [0.1, 0.15) is 19.0 Å². The van der Waals surface area contributed by atoms with E-state index in [-0.39, 0.29) is 0 Å². The first-order valence-corrected chi connectivity index (χ1v) is 8.62. The van der Waals surface area contributed by atoms with Crippen LogP contribution in [0.25, 0.3) is 5.65 Å². The molecule has 0 bridgehead atoms. The van der Waals surface area contributed by atoms with Gasteiger partial charge in [0.1, 0.15) is 5.65 Å². The van der Waals surface area contributed by atoms with Crippen LogP contribution in [0.2, 0.25) is 5.02 Å². The summed E-state index contributed by atoms with van der Waals surface area (Å²) >= 11 is 6.01. The Balaban J connectivity index is 1.36. The van der Waals surface area contributed by atoms with E-state index < -0.39 is 0 Å². The molecule has 3 heterocycles. The van der Waals surface area contributed by atoms with Gasteiger partial charge in [0, 0.05) is 51.0 Å². The molecule has 0 aromatic carbocycles. The zero-order valence-electron chi connectivity index (χ0n) is 13.3. The Kier molecular flexibility index (Phi) is 3.77. The Bertz CT molecular complexity index is 735. The normalized spacial score (nSPS) is 25.0. The largest absolute Gasteiger partial charge is 0.340 e. The van der Waals surface area contributed by atoms with E-state index in [4.69, 9.17) is 11.6 Å². The van der Waals surface area contributed by atoms with Crippen molar-refractivity contribution in [2.45, 2.75) is 19.9 Å². The van der Waals surface area contributed by atoms with Gasteiger partial charge in [-0.15, -0.1) is 0 Å². The van der Waals surface area contributed by atoms with E-state index in [2.05, 4.69) is 16.8 Å². The van der Waals surface area contributed by atoms with E-state index in [0.717, 1.165) is 50.5 Å². The first-order chi connectivity index (χ1) is 11.1. The number of amides is 1. The second kappa shape index (κ2) is 5.80. The Hall–Kier alpha value is -1.59. The molecule has 6 heteroatoms. The van der Waals surface area contributed by atoms with Crippen LogP contribution in [0.5, 0.6) is 0 Å². The summed E-state index contributed by atoms with van der Waals surface area (Å²) in [7, 11) is 0. The summed E-state index contributed by atoms with van der Waals surface area (Å²) in [5.41, 5.74) is 1.96. The number of hydrogen-bond donors (Lipinski definition) is 0. The van der Waals surface area contributed by atoms with Gasteiger partial charge in [-0.2, -0.15) is 0 Å². The number of imidazole rings is 1. The maximum Gasteiger partial charge on any atom is 0.226 e. The molecule has 0 radical (unpaired) electrons. The minimum absolute atomic E-state index is 0.296. The Morgan fingerprint density at radius 2 is 2.00 bits per heavy atom. The van der Waals surface area contributed by atoms with Crippen LogP contribution in [0.3, 0.4) is 0 Å². The van der Waals surface area contributed by atoms with Crippen molar-refractivity contribution < 1.29 is 4.79 Å². The average molecular weight is 333 g/mol. The highest BCUT2D eigenvalue weighted by molar-refractivity contribution is 6.30. The number of hydrogen-bond acceptors (Lipinski definition) is 3. The van der Waals surface area contributed by atoms with Crippen LogP contribution < -0.4 is 0 Å². The third kappa shape index (κ3) is 3.08. The highest BCUT2D eigenvalue weighted by Gasteiger charge is 2.41. The summed E-state index contributed by atoms with van der Waals surface area (Å²) < 4.78 is 1.96. The number of fused-ring (bicyclic) bond motifs is 1. The van der Waals surface area contributed by atoms with E-state index in [0.29, 0.717) is 22.8 Å². The van der Waals surface area contributed by atoms with Gasteiger partial charge < -0.3 is 9.30 Å². The molecule has 0 N–H and O–H groups in total. The van der Waals surface area contributed by atoms with Crippen molar-refractivity contribution in [2.75, 3.05) is 26.2 Å². The smallest absolute Gasteiger partial charge is 0.226 e. The number of carbonyl (C=O) groups is 1. The molecule has 1 amide bonds. The summed E-state index contributed by atoms with van der Waals surface area (Å²) in [5, 5.41) is 0.711. The van der Waals surface area contributed by atoms with E-state index in [1.54, 1.807) is 0 Å². The highest BCUT2D eigenvalue weighted by atomic mass is 35.5. The van der Waals surface area contributed by atoms with E-state index >= 15 is 0 Å². The SMILES string of the molecule is CC1CC1C(=O)N1CCN(Cc2cn3cc(Cl)ccc3n2)CC1. The standard InChI is InChI=1S/C17H21ClN4O/c1-12-8-15(12)17(23)21-6-4-20(5-7-21)10-14-11-22-9-13(18)2-3-16(22)19-14/h2-3,9,11-12,15H,4-8,10H2,1H3. The molecule has 2 unspecified atom stereocenters. The van der Waals surface area contributed by atoms with Gasteiger partial charge in [0.15, 0.2) is 0 Å². The van der Waals surface area contributed by atoms with Crippen LogP contribution >= 0.6 is 11.6 Å². The Morgan fingerprint density at radius 1 is 1.26 bits per heavy atom. The predicted molar refractivity (Wildman–Crippen MR) is 89.3 cm³/mol. The van der Waals surface area contributed by atoms with Gasteiger partial charge in [-0.05, 0) is 24.5 Å². The molecule has 1 saturated heterocycles. The number of rotatable bonds is 3. The maximum absolute atomic E-state index is 12.3. The van der Waals surface area contributed by atoms with Gasteiger partial charge in [0.25, 0.3) is 0 Å². The number of pyridine rings is 1. The van der Waals surface area contributed by atoms with Gasteiger partial charge in [-0.1, -0.05) is 18.5 Å².